The van der Waals surface area contributed by atoms with Crippen molar-refractivity contribution >= 4 is 22.4 Å². The predicted molar refractivity (Wildman–Crippen MR) is 70.8 cm³/mol. The van der Waals surface area contributed by atoms with Crippen molar-refractivity contribution in [1.29, 1.82) is 0 Å². The molecule has 1 amide bonds. The van der Waals surface area contributed by atoms with Crippen LogP contribution in [0.25, 0.3) is 0 Å². The van der Waals surface area contributed by atoms with Crippen LogP contribution < -0.4 is 5.73 Å². The molecule has 0 saturated heterocycles. The first-order chi connectivity index (χ1) is 9.76. The van der Waals surface area contributed by atoms with Gasteiger partial charge in [-0.3, -0.25) is 4.79 Å². The van der Waals surface area contributed by atoms with E-state index in [-0.39, 0.29) is 22.3 Å². The van der Waals surface area contributed by atoms with Gasteiger partial charge in [0.25, 0.3) is 5.91 Å². The molecule has 0 unspecified atom stereocenters. The molecule has 21 heavy (non-hydrogen) atoms. The third-order valence-corrected chi connectivity index (χ3v) is 3.57. The molecule has 2 rings (SSSR count). The molecule has 0 saturated carbocycles. The van der Waals surface area contributed by atoms with Gasteiger partial charge in [0.2, 0.25) is 0 Å². The number of nitrogen functional groups attached to an aromatic ring is 1. The van der Waals surface area contributed by atoms with Crippen LogP contribution in [0.4, 0.5) is 18.3 Å². The van der Waals surface area contributed by atoms with E-state index in [1.54, 1.807) is 6.07 Å². The van der Waals surface area contributed by atoms with Crippen molar-refractivity contribution in [2.24, 2.45) is 0 Å². The number of nitrogens with zero attached hydrogens (tertiary/aromatic N) is 2. The number of aromatic nitrogens is 1. The lowest BCUT2D eigenvalue weighted by Crippen LogP contribution is -2.38. The molecule has 0 spiro atoms. The molecule has 0 fully saturated rings. The van der Waals surface area contributed by atoms with Crippen LogP contribution in [0.15, 0.2) is 22.8 Å². The van der Waals surface area contributed by atoms with Gasteiger partial charge >= 0.3 is 6.18 Å². The highest BCUT2D eigenvalue weighted by Gasteiger charge is 2.34. The summed E-state index contributed by atoms with van der Waals surface area (Å²) >= 11 is 0.867. The average molecular weight is 319 g/mol. The molecule has 2 aromatic rings. The molecule has 5 nitrogen and oxygen atoms in total. The van der Waals surface area contributed by atoms with Gasteiger partial charge in [0.05, 0.1) is 18.5 Å². The Morgan fingerprint density at radius 1 is 1.52 bits per heavy atom. The predicted octanol–water partition coefficient (Wildman–Crippen LogP) is 2.83. The van der Waals surface area contributed by atoms with Gasteiger partial charge in [0.15, 0.2) is 5.13 Å². The molecule has 0 radical (unpaired) electrons. The summed E-state index contributed by atoms with van der Waals surface area (Å²) in [5.74, 6) is -0.502. The molecule has 0 aliphatic heterocycles. The summed E-state index contributed by atoms with van der Waals surface area (Å²) in [5, 5.41) is 0.140. The van der Waals surface area contributed by atoms with Crippen LogP contribution >= 0.6 is 11.3 Å². The Labute approximate surface area is 122 Å². The van der Waals surface area contributed by atoms with E-state index < -0.39 is 18.6 Å². The Morgan fingerprint density at radius 2 is 2.24 bits per heavy atom. The van der Waals surface area contributed by atoms with Crippen molar-refractivity contribution in [2.45, 2.75) is 19.6 Å². The molecule has 0 aromatic carbocycles. The maximum Gasteiger partial charge on any atom is 0.406 e. The van der Waals surface area contributed by atoms with Gasteiger partial charge in [-0.15, -0.1) is 0 Å². The van der Waals surface area contributed by atoms with Gasteiger partial charge in [-0.2, -0.15) is 13.2 Å². The van der Waals surface area contributed by atoms with E-state index in [4.69, 9.17) is 10.2 Å². The number of aryl methyl sites for hydroxylation is 1. The number of carbonyl (C=O) groups excluding carboxylic acids is 1. The zero-order chi connectivity index (χ0) is 15.6. The van der Waals surface area contributed by atoms with E-state index in [0.29, 0.717) is 10.6 Å². The minimum atomic E-state index is -4.51. The summed E-state index contributed by atoms with van der Waals surface area (Å²) in [6.07, 6.45) is -3.17. The Balaban J connectivity index is 2.25. The van der Waals surface area contributed by atoms with E-state index in [1.807, 2.05) is 0 Å². The standard InChI is InChI=1S/C12H12F3N3O2S/c1-7-9(21-11(16)17-7)10(19)18(6-12(13,14)15)5-8-3-2-4-20-8/h2-4H,5-6H2,1H3,(H2,16,17). The second kappa shape index (κ2) is 5.76. The van der Waals surface area contributed by atoms with Crippen molar-refractivity contribution in [1.82, 2.24) is 9.88 Å². The Bertz CT molecular complexity index is 622. The summed E-state index contributed by atoms with van der Waals surface area (Å²) in [6.45, 7) is -0.120. The number of hydrogen-bond acceptors (Lipinski definition) is 5. The maximum atomic E-state index is 12.7. The summed E-state index contributed by atoms with van der Waals surface area (Å²) in [5.41, 5.74) is 5.79. The Kier molecular flexibility index (Phi) is 4.21. The van der Waals surface area contributed by atoms with Gasteiger partial charge < -0.3 is 15.1 Å². The zero-order valence-electron chi connectivity index (χ0n) is 11.0. The van der Waals surface area contributed by atoms with Gasteiger partial charge in [-0.05, 0) is 19.1 Å². The van der Waals surface area contributed by atoms with Crippen LogP contribution in [0.1, 0.15) is 21.1 Å². The smallest absolute Gasteiger partial charge is 0.406 e. The first-order valence-corrected chi connectivity index (χ1v) is 6.69. The first kappa shape index (κ1) is 15.4. The van der Waals surface area contributed by atoms with Crippen LogP contribution in [0.5, 0.6) is 0 Å². The van der Waals surface area contributed by atoms with E-state index in [0.717, 1.165) is 11.3 Å². The van der Waals surface area contributed by atoms with Crippen LogP contribution in [0.2, 0.25) is 0 Å². The molecule has 0 bridgehead atoms. The molecular formula is C12H12F3N3O2S. The Hall–Kier alpha value is -2.03. The van der Waals surface area contributed by atoms with Crippen molar-refractivity contribution in [3.05, 3.63) is 34.7 Å². The highest BCUT2D eigenvalue weighted by molar-refractivity contribution is 7.17. The molecule has 9 heteroatoms. The molecule has 2 N–H and O–H groups in total. The lowest BCUT2D eigenvalue weighted by Gasteiger charge is -2.22. The molecule has 0 aliphatic rings. The molecule has 0 aliphatic carbocycles. The monoisotopic (exact) mass is 319 g/mol. The van der Waals surface area contributed by atoms with Crippen LogP contribution in [-0.4, -0.2) is 28.5 Å². The van der Waals surface area contributed by atoms with E-state index in [9.17, 15) is 18.0 Å². The van der Waals surface area contributed by atoms with Crippen molar-refractivity contribution < 1.29 is 22.4 Å². The quantitative estimate of drug-likeness (QED) is 0.940. The topological polar surface area (TPSA) is 72.4 Å². The van der Waals surface area contributed by atoms with Gasteiger partial charge in [0, 0.05) is 0 Å². The zero-order valence-corrected chi connectivity index (χ0v) is 11.8. The summed E-state index contributed by atoms with van der Waals surface area (Å²) in [6, 6.07) is 3.05. The number of hydrogen-bond donors (Lipinski definition) is 1. The minimum absolute atomic E-state index is 0.100. The van der Waals surface area contributed by atoms with Crippen molar-refractivity contribution in [2.75, 3.05) is 12.3 Å². The number of halogens is 3. The first-order valence-electron chi connectivity index (χ1n) is 5.87. The van der Waals surface area contributed by atoms with Crippen molar-refractivity contribution in [3.8, 4) is 0 Å². The number of anilines is 1. The fourth-order valence-corrected chi connectivity index (χ4v) is 2.57. The summed E-state index contributed by atoms with van der Waals surface area (Å²) in [4.78, 5) is 16.9. The van der Waals surface area contributed by atoms with Crippen LogP contribution in [0.3, 0.4) is 0 Å². The molecule has 114 valence electrons. The molecule has 2 aromatic heterocycles. The normalized spacial score (nSPS) is 11.6. The molecular weight excluding hydrogens is 307 g/mol. The third kappa shape index (κ3) is 3.97. The lowest BCUT2D eigenvalue weighted by molar-refractivity contribution is -0.142. The molecule has 0 atom stereocenters. The van der Waals surface area contributed by atoms with Gasteiger partial charge in [0.1, 0.15) is 17.2 Å². The SMILES string of the molecule is Cc1nc(N)sc1C(=O)N(Cc1ccco1)CC(F)(F)F. The van der Waals surface area contributed by atoms with Crippen molar-refractivity contribution in [3.63, 3.8) is 0 Å². The number of furan rings is 1. The highest BCUT2D eigenvalue weighted by atomic mass is 32.1. The van der Waals surface area contributed by atoms with E-state index in [1.165, 1.54) is 19.3 Å². The fourth-order valence-electron chi connectivity index (χ4n) is 1.77. The van der Waals surface area contributed by atoms with E-state index >= 15 is 0 Å². The van der Waals surface area contributed by atoms with Crippen LogP contribution in [-0.2, 0) is 6.54 Å². The number of thiazole rings is 1. The number of alkyl halides is 3. The lowest BCUT2D eigenvalue weighted by atomic mass is 10.3. The number of rotatable bonds is 4. The van der Waals surface area contributed by atoms with Crippen LogP contribution in [0, 0.1) is 6.92 Å². The number of amides is 1. The summed E-state index contributed by atoms with van der Waals surface area (Å²) in [7, 11) is 0. The van der Waals surface area contributed by atoms with Gasteiger partial charge in [-0.25, -0.2) is 4.98 Å². The number of nitrogens with two attached hydrogens (primary N) is 1. The minimum Gasteiger partial charge on any atom is -0.467 e. The van der Waals surface area contributed by atoms with E-state index in [2.05, 4.69) is 4.98 Å². The maximum absolute atomic E-state index is 12.7. The van der Waals surface area contributed by atoms with Gasteiger partial charge in [-0.1, -0.05) is 11.3 Å². The second-order valence-corrected chi connectivity index (χ2v) is 5.35. The number of carbonyl (C=O) groups is 1. The molecule has 2 heterocycles. The fraction of sp³-hybridized carbons (Fsp3) is 0.333. The summed E-state index contributed by atoms with van der Waals surface area (Å²) < 4.78 is 43.0. The average Bonchev–Trinajstić information content (AvgIpc) is 2.95. The third-order valence-electron chi connectivity index (χ3n) is 2.59. The Morgan fingerprint density at radius 3 is 2.71 bits per heavy atom. The largest absolute Gasteiger partial charge is 0.467 e. The highest BCUT2D eigenvalue weighted by Crippen LogP contribution is 2.25. The second-order valence-electron chi connectivity index (χ2n) is 4.32.